The van der Waals surface area contributed by atoms with E-state index in [-0.39, 0.29) is 0 Å². The molecule has 2 N–H and O–H groups in total. The zero-order valence-corrected chi connectivity index (χ0v) is 11.2. The zero-order valence-electron chi connectivity index (χ0n) is 10.4. The molecule has 2 rings (SSSR count). The minimum Gasteiger partial charge on any atom is -0.481 e. The number of carbonyl (C=O) groups is 2. The molecule has 1 amide bonds. The number of amides is 1. The Hall–Kier alpha value is -2.41. The second kappa shape index (κ2) is 5.70. The van der Waals surface area contributed by atoms with Crippen molar-refractivity contribution in [1.82, 2.24) is 14.8 Å². The standard InChI is InChI=1S/C12H11ClN4O3/c1-7(12(19)20)11(18)16-9-4-2-3-8(13)10(9)17-6-14-5-15-17/h2-7H,1H3,(H,16,18)(H,19,20). The van der Waals surface area contributed by atoms with Crippen molar-refractivity contribution in [2.45, 2.75) is 6.92 Å². The van der Waals surface area contributed by atoms with Crippen LogP contribution in [0.1, 0.15) is 6.92 Å². The molecular weight excluding hydrogens is 284 g/mol. The van der Waals surface area contributed by atoms with Crippen molar-refractivity contribution in [3.63, 3.8) is 0 Å². The Balaban J connectivity index is 2.36. The van der Waals surface area contributed by atoms with Crippen LogP contribution in [-0.2, 0) is 9.59 Å². The molecule has 7 nitrogen and oxygen atoms in total. The van der Waals surface area contributed by atoms with Gasteiger partial charge in [-0.1, -0.05) is 17.7 Å². The Morgan fingerprint density at radius 3 is 2.80 bits per heavy atom. The maximum absolute atomic E-state index is 11.8. The molecule has 0 aliphatic heterocycles. The monoisotopic (exact) mass is 294 g/mol. The number of anilines is 1. The molecule has 104 valence electrons. The smallest absolute Gasteiger partial charge is 0.315 e. The van der Waals surface area contributed by atoms with Crippen LogP contribution in [0.5, 0.6) is 0 Å². The van der Waals surface area contributed by atoms with Crippen LogP contribution in [0.3, 0.4) is 0 Å². The molecule has 0 aliphatic carbocycles. The third-order valence-electron chi connectivity index (χ3n) is 2.66. The maximum atomic E-state index is 11.8. The van der Waals surface area contributed by atoms with Crippen LogP contribution in [0, 0.1) is 5.92 Å². The normalized spacial score (nSPS) is 11.9. The van der Waals surface area contributed by atoms with Crippen molar-refractivity contribution >= 4 is 29.2 Å². The quantitative estimate of drug-likeness (QED) is 0.834. The summed E-state index contributed by atoms with van der Waals surface area (Å²) in [5, 5.41) is 15.7. The van der Waals surface area contributed by atoms with E-state index in [0.717, 1.165) is 0 Å². The molecular formula is C12H11ClN4O3. The summed E-state index contributed by atoms with van der Waals surface area (Å²) in [4.78, 5) is 26.4. The minimum absolute atomic E-state index is 0.358. The average Bonchev–Trinajstić information content (AvgIpc) is 2.91. The number of aromatic nitrogens is 3. The number of halogens is 1. The predicted octanol–water partition coefficient (Wildman–Crippen LogP) is 1.58. The van der Waals surface area contributed by atoms with Crippen LogP contribution in [0.15, 0.2) is 30.9 Å². The summed E-state index contributed by atoms with van der Waals surface area (Å²) in [6.07, 6.45) is 2.76. The third kappa shape index (κ3) is 2.77. The topological polar surface area (TPSA) is 97.1 Å². The molecule has 1 atom stereocenters. The summed E-state index contributed by atoms with van der Waals surface area (Å²) in [5.74, 6) is -3.01. The van der Waals surface area contributed by atoms with Crippen molar-refractivity contribution in [1.29, 1.82) is 0 Å². The van der Waals surface area contributed by atoms with Crippen molar-refractivity contribution < 1.29 is 14.7 Å². The molecule has 1 aromatic heterocycles. The summed E-state index contributed by atoms with van der Waals surface area (Å²) in [6.45, 7) is 1.30. The lowest BCUT2D eigenvalue weighted by Crippen LogP contribution is -2.27. The van der Waals surface area contributed by atoms with E-state index in [0.29, 0.717) is 16.4 Å². The molecule has 0 bridgehead atoms. The van der Waals surface area contributed by atoms with Gasteiger partial charge in [-0.2, -0.15) is 5.10 Å². The summed E-state index contributed by atoms with van der Waals surface area (Å²) in [5.41, 5.74) is 0.790. The summed E-state index contributed by atoms with van der Waals surface area (Å²) >= 11 is 6.09. The number of hydrogen-bond acceptors (Lipinski definition) is 4. The van der Waals surface area contributed by atoms with Gasteiger partial charge in [0.2, 0.25) is 5.91 Å². The number of benzene rings is 1. The van der Waals surface area contributed by atoms with E-state index in [2.05, 4.69) is 15.4 Å². The summed E-state index contributed by atoms with van der Waals surface area (Å²) < 4.78 is 1.39. The van der Waals surface area contributed by atoms with Crippen LogP contribution < -0.4 is 5.32 Å². The Bertz CT molecular complexity index is 642. The minimum atomic E-state index is -1.20. The Morgan fingerprint density at radius 1 is 1.45 bits per heavy atom. The van der Waals surface area contributed by atoms with Crippen molar-refractivity contribution in [3.05, 3.63) is 35.9 Å². The molecule has 8 heteroatoms. The molecule has 0 saturated heterocycles. The van der Waals surface area contributed by atoms with E-state index < -0.39 is 17.8 Å². The second-order valence-electron chi connectivity index (χ2n) is 4.03. The summed E-state index contributed by atoms with van der Waals surface area (Å²) in [7, 11) is 0. The number of carboxylic acids is 1. The Morgan fingerprint density at radius 2 is 2.20 bits per heavy atom. The lowest BCUT2D eigenvalue weighted by molar-refractivity contribution is -0.144. The zero-order chi connectivity index (χ0) is 14.7. The molecule has 1 aromatic carbocycles. The lowest BCUT2D eigenvalue weighted by atomic mass is 10.1. The number of carbonyl (C=O) groups excluding carboxylic acids is 1. The van der Waals surface area contributed by atoms with Crippen LogP contribution in [0.25, 0.3) is 5.69 Å². The molecule has 0 aliphatic rings. The van der Waals surface area contributed by atoms with Gasteiger partial charge >= 0.3 is 5.97 Å². The first-order valence-electron chi connectivity index (χ1n) is 5.68. The van der Waals surface area contributed by atoms with E-state index in [1.54, 1.807) is 18.2 Å². The van der Waals surface area contributed by atoms with Crippen LogP contribution >= 0.6 is 11.6 Å². The highest BCUT2D eigenvalue weighted by Gasteiger charge is 2.22. The Kier molecular flexibility index (Phi) is 3.99. The maximum Gasteiger partial charge on any atom is 0.315 e. The first-order chi connectivity index (χ1) is 9.50. The molecule has 0 saturated carbocycles. The lowest BCUT2D eigenvalue weighted by Gasteiger charge is -2.13. The fourth-order valence-corrected chi connectivity index (χ4v) is 1.79. The highest BCUT2D eigenvalue weighted by atomic mass is 35.5. The van der Waals surface area contributed by atoms with Gasteiger partial charge in [0, 0.05) is 0 Å². The number of hydrogen-bond donors (Lipinski definition) is 2. The van der Waals surface area contributed by atoms with Gasteiger partial charge in [-0.15, -0.1) is 0 Å². The van der Waals surface area contributed by atoms with Gasteiger partial charge in [-0.3, -0.25) is 9.59 Å². The predicted molar refractivity (Wildman–Crippen MR) is 71.8 cm³/mol. The van der Waals surface area contributed by atoms with Crippen molar-refractivity contribution in [2.75, 3.05) is 5.32 Å². The van der Waals surface area contributed by atoms with Gasteiger partial charge < -0.3 is 10.4 Å². The fourth-order valence-electron chi connectivity index (χ4n) is 1.53. The molecule has 1 heterocycles. The number of rotatable bonds is 4. The second-order valence-corrected chi connectivity index (χ2v) is 4.43. The third-order valence-corrected chi connectivity index (χ3v) is 2.96. The van der Waals surface area contributed by atoms with E-state index in [4.69, 9.17) is 16.7 Å². The first kappa shape index (κ1) is 14.0. The number of aliphatic carboxylic acids is 1. The largest absolute Gasteiger partial charge is 0.481 e. The highest BCUT2D eigenvalue weighted by Crippen LogP contribution is 2.28. The SMILES string of the molecule is CC(C(=O)O)C(=O)Nc1cccc(Cl)c1-n1cncn1. The van der Waals surface area contributed by atoms with E-state index in [1.165, 1.54) is 24.3 Å². The highest BCUT2D eigenvalue weighted by molar-refractivity contribution is 6.33. The number of nitrogens with one attached hydrogen (secondary N) is 1. The van der Waals surface area contributed by atoms with Crippen molar-refractivity contribution in [3.8, 4) is 5.69 Å². The van der Waals surface area contributed by atoms with Gasteiger partial charge in [0.25, 0.3) is 0 Å². The van der Waals surface area contributed by atoms with E-state index in [9.17, 15) is 9.59 Å². The average molecular weight is 295 g/mol. The number of nitrogens with zero attached hydrogens (tertiary/aromatic N) is 3. The van der Waals surface area contributed by atoms with Crippen LogP contribution in [0.4, 0.5) is 5.69 Å². The first-order valence-corrected chi connectivity index (χ1v) is 6.05. The molecule has 0 spiro atoms. The van der Waals surface area contributed by atoms with Gasteiger partial charge in [0.15, 0.2) is 0 Å². The summed E-state index contributed by atoms with van der Waals surface area (Å²) in [6, 6.07) is 4.88. The van der Waals surface area contributed by atoms with Gasteiger partial charge in [0.1, 0.15) is 24.3 Å². The van der Waals surface area contributed by atoms with E-state index >= 15 is 0 Å². The van der Waals surface area contributed by atoms with E-state index in [1.807, 2.05) is 0 Å². The van der Waals surface area contributed by atoms with Crippen LogP contribution in [0.2, 0.25) is 5.02 Å². The van der Waals surface area contributed by atoms with Crippen molar-refractivity contribution in [2.24, 2.45) is 5.92 Å². The molecule has 20 heavy (non-hydrogen) atoms. The van der Waals surface area contributed by atoms with Gasteiger partial charge in [-0.05, 0) is 19.1 Å². The Labute approximate surface area is 119 Å². The molecule has 0 fully saturated rings. The fraction of sp³-hybridized carbons (Fsp3) is 0.167. The molecule has 0 radical (unpaired) electrons. The van der Waals surface area contributed by atoms with Gasteiger partial charge in [-0.25, -0.2) is 9.67 Å². The van der Waals surface area contributed by atoms with Gasteiger partial charge in [0.05, 0.1) is 10.7 Å². The number of para-hydroxylation sites is 1. The number of carboxylic acid groups (broad SMARTS) is 1. The molecule has 1 unspecified atom stereocenters. The van der Waals surface area contributed by atoms with Crippen LogP contribution in [-0.4, -0.2) is 31.7 Å². The molecule has 2 aromatic rings.